The molecule has 3 aromatic rings. The maximum absolute atomic E-state index is 9.78. The van der Waals surface area contributed by atoms with Crippen molar-refractivity contribution in [1.29, 1.82) is 5.26 Å². The van der Waals surface area contributed by atoms with E-state index in [9.17, 15) is 10.4 Å². The Morgan fingerprint density at radius 3 is 2.86 bits per heavy atom. The Kier molecular flexibility index (Phi) is 3.31. The van der Waals surface area contributed by atoms with E-state index in [0.717, 1.165) is 0 Å². The second-order valence-corrected chi connectivity index (χ2v) is 5.58. The first-order valence-electron chi connectivity index (χ1n) is 6.74. The summed E-state index contributed by atoms with van der Waals surface area (Å²) in [5.41, 5.74) is 0.858. The largest absolute Gasteiger partial charge is 0.489 e. The lowest BCUT2D eigenvalue weighted by molar-refractivity contribution is 0.0283. The van der Waals surface area contributed by atoms with Crippen LogP contribution in [0.5, 0.6) is 5.75 Å². The van der Waals surface area contributed by atoms with Gasteiger partial charge in [-0.2, -0.15) is 15.5 Å². The molecule has 7 nitrogen and oxygen atoms in total. The van der Waals surface area contributed by atoms with E-state index in [-0.39, 0.29) is 6.61 Å². The monoisotopic (exact) mass is 297 g/mol. The maximum Gasteiger partial charge on any atom is 0.140 e. The predicted molar refractivity (Wildman–Crippen MR) is 78.8 cm³/mol. The Morgan fingerprint density at radius 2 is 2.23 bits per heavy atom. The van der Waals surface area contributed by atoms with Gasteiger partial charge in [-0.3, -0.25) is 0 Å². The summed E-state index contributed by atoms with van der Waals surface area (Å²) in [7, 11) is 0. The number of nitriles is 1. The van der Waals surface area contributed by atoms with Gasteiger partial charge in [-0.1, -0.05) is 0 Å². The molecule has 0 bridgehead atoms. The van der Waals surface area contributed by atoms with Gasteiger partial charge < -0.3 is 9.84 Å². The first kappa shape index (κ1) is 14.1. The molecule has 0 atom stereocenters. The van der Waals surface area contributed by atoms with Crippen LogP contribution in [0.2, 0.25) is 0 Å². The van der Waals surface area contributed by atoms with Crippen LogP contribution in [0.15, 0.2) is 36.9 Å². The van der Waals surface area contributed by atoms with Crippen LogP contribution >= 0.6 is 0 Å². The summed E-state index contributed by atoms with van der Waals surface area (Å²) in [4.78, 5) is 0. The Morgan fingerprint density at radius 1 is 1.41 bits per heavy atom. The van der Waals surface area contributed by atoms with E-state index in [0.29, 0.717) is 22.5 Å². The summed E-state index contributed by atoms with van der Waals surface area (Å²) >= 11 is 0. The molecule has 0 fully saturated rings. The van der Waals surface area contributed by atoms with Crippen molar-refractivity contribution in [3.05, 3.63) is 42.5 Å². The van der Waals surface area contributed by atoms with E-state index >= 15 is 0 Å². The second-order valence-electron chi connectivity index (χ2n) is 5.58. The summed E-state index contributed by atoms with van der Waals surface area (Å²) in [6, 6.07) is 5.69. The third-order valence-electron chi connectivity index (χ3n) is 3.03. The average molecular weight is 297 g/mol. The van der Waals surface area contributed by atoms with Gasteiger partial charge in [-0.05, 0) is 19.9 Å². The fraction of sp³-hybridized carbons (Fsp3) is 0.267. The van der Waals surface area contributed by atoms with Crippen molar-refractivity contribution in [2.45, 2.75) is 19.4 Å². The van der Waals surface area contributed by atoms with E-state index in [4.69, 9.17) is 4.74 Å². The van der Waals surface area contributed by atoms with Crippen molar-refractivity contribution >= 4 is 5.52 Å². The van der Waals surface area contributed by atoms with Crippen LogP contribution in [-0.2, 0) is 0 Å². The van der Waals surface area contributed by atoms with E-state index in [2.05, 4.69) is 16.3 Å². The Bertz CT molecular complexity index is 837. The van der Waals surface area contributed by atoms with Gasteiger partial charge in [0.15, 0.2) is 0 Å². The quantitative estimate of drug-likeness (QED) is 0.789. The van der Waals surface area contributed by atoms with Gasteiger partial charge in [-0.15, -0.1) is 0 Å². The topological polar surface area (TPSA) is 88.4 Å². The third-order valence-corrected chi connectivity index (χ3v) is 3.03. The van der Waals surface area contributed by atoms with E-state index in [1.54, 1.807) is 53.8 Å². The summed E-state index contributed by atoms with van der Waals surface area (Å²) in [6.07, 6.45) is 6.61. The molecule has 112 valence electrons. The molecule has 0 aliphatic carbocycles. The van der Waals surface area contributed by atoms with Crippen LogP contribution in [0.25, 0.3) is 11.2 Å². The Labute approximate surface area is 127 Å². The van der Waals surface area contributed by atoms with Gasteiger partial charge in [0.05, 0.1) is 29.2 Å². The van der Waals surface area contributed by atoms with E-state index < -0.39 is 5.60 Å². The molecule has 0 aromatic carbocycles. The van der Waals surface area contributed by atoms with Gasteiger partial charge in [-0.25, -0.2) is 9.20 Å². The van der Waals surface area contributed by atoms with Gasteiger partial charge in [0.25, 0.3) is 0 Å². The summed E-state index contributed by atoms with van der Waals surface area (Å²) in [5.74, 6) is 0.535. The van der Waals surface area contributed by atoms with Gasteiger partial charge in [0, 0.05) is 18.5 Å². The van der Waals surface area contributed by atoms with Crippen molar-refractivity contribution in [3.63, 3.8) is 0 Å². The second kappa shape index (κ2) is 5.16. The molecule has 0 saturated heterocycles. The first-order valence-corrected chi connectivity index (χ1v) is 6.74. The van der Waals surface area contributed by atoms with Crippen LogP contribution in [0, 0.1) is 11.3 Å². The highest BCUT2D eigenvalue weighted by Gasteiger charge is 2.16. The molecule has 0 aliphatic rings. The van der Waals surface area contributed by atoms with Crippen LogP contribution < -0.4 is 4.74 Å². The normalized spacial score (nSPS) is 11.5. The van der Waals surface area contributed by atoms with Gasteiger partial charge in [0.2, 0.25) is 0 Å². The number of pyridine rings is 1. The molecule has 3 heterocycles. The molecule has 7 heteroatoms. The highest BCUT2D eigenvalue weighted by atomic mass is 16.5. The SMILES string of the molecule is CC(C)(O)COc1cc(-n2cccn2)c2c(C#N)cnn2c1. The first-order chi connectivity index (χ1) is 10.5. The smallest absolute Gasteiger partial charge is 0.140 e. The summed E-state index contributed by atoms with van der Waals surface area (Å²) < 4.78 is 8.85. The molecule has 0 aliphatic heterocycles. The van der Waals surface area contributed by atoms with Crippen molar-refractivity contribution < 1.29 is 9.84 Å². The molecular weight excluding hydrogens is 282 g/mol. The zero-order valence-electron chi connectivity index (χ0n) is 12.3. The van der Waals surface area contributed by atoms with Gasteiger partial charge in [0.1, 0.15) is 23.9 Å². The highest BCUT2D eigenvalue weighted by Crippen LogP contribution is 2.25. The van der Waals surface area contributed by atoms with Gasteiger partial charge >= 0.3 is 0 Å². The Balaban J connectivity index is 2.12. The van der Waals surface area contributed by atoms with Crippen molar-refractivity contribution in [1.82, 2.24) is 19.4 Å². The zero-order chi connectivity index (χ0) is 15.7. The highest BCUT2D eigenvalue weighted by molar-refractivity contribution is 5.73. The molecule has 0 spiro atoms. The molecule has 3 aromatic heterocycles. The van der Waals surface area contributed by atoms with Crippen LogP contribution in [0.1, 0.15) is 19.4 Å². The minimum absolute atomic E-state index is 0.142. The zero-order valence-corrected chi connectivity index (χ0v) is 12.3. The lowest BCUT2D eigenvalue weighted by Crippen LogP contribution is -2.28. The number of aliphatic hydroxyl groups is 1. The van der Waals surface area contributed by atoms with E-state index in [1.807, 2.05) is 0 Å². The number of hydrogen-bond donors (Lipinski definition) is 1. The number of nitrogens with zero attached hydrogens (tertiary/aromatic N) is 5. The van der Waals surface area contributed by atoms with Crippen molar-refractivity contribution in [3.8, 4) is 17.5 Å². The van der Waals surface area contributed by atoms with Crippen molar-refractivity contribution in [2.24, 2.45) is 0 Å². The fourth-order valence-corrected chi connectivity index (χ4v) is 2.08. The van der Waals surface area contributed by atoms with E-state index in [1.165, 1.54) is 6.20 Å². The predicted octanol–water partition coefficient (Wildman–Crippen LogP) is 1.54. The lowest BCUT2D eigenvalue weighted by atomic mass is 10.2. The lowest BCUT2D eigenvalue weighted by Gasteiger charge is -2.18. The molecule has 22 heavy (non-hydrogen) atoms. The van der Waals surface area contributed by atoms with Crippen LogP contribution in [0.3, 0.4) is 0 Å². The molecule has 0 amide bonds. The summed E-state index contributed by atoms with van der Waals surface area (Å²) in [6.45, 7) is 3.48. The fourth-order valence-electron chi connectivity index (χ4n) is 2.08. The molecule has 0 radical (unpaired) electrons. The minimum atomic E-state index is -0.942. The van der Waals surface area contributed by atoms with Crippen LogP contribution in [-0.4, -0.2) is 36.7 Å². The molecular formula is C15H15N5O2. The average Bonchev–Trinajstić information content (AvgIpc) is 3.12. The third kappa shape index (κ3) is 2.64. The number of fused-ring (bicyclic) bond motifs is 1. The Hall–Kier alpha value is -2.85. The van der Waals surface area contributed by atoms with Crippen molar-refractivity contribution in [2.75, 3.05) is 6.61 Å². The molecule has 0 saturated carbocycles. The number of rotatable bonds is 4. The number of hydrogen-bond acceptors (Lipinski definition) is 5. The molecule has 1 N–H and O–H groups in total. The maximum atomic E-state index is 9.78. The number of ether oxygens (including phenoxy) is 1. The molecule has 3 rings (SSSR count). The summed E-state index contributed by atoms with van der Waals surface area (Å²) in [5, 5.41) is 27.4. The standard InChI is InChI=1S/C15H15N5O2/c1-15(2,21)10-22-12-6-13(19-5-3-4-17-19)14-11(7-16)8-18-20(14)9-12/h3-6,8-9,21H,10H2,1-2H3. The molecule has 0 unspecified atom stereocenters. The number of aromatic nitrogens is 4. The minimum Gasteiger partial charge on any atom is -0.489 e. The van der Waals surface area contributed by atoms with Crippen LogP contribution in [0.4, 0.5) is 0 Å².